The molecule has 20 heavy (non-hydrogen) atoms. The lowest BCUT2D eigenvalue weighted by molar-refractivity contribution is -0.301. The normalized spacial score (nSPS) is 34.4. The molecule has 5 atom stereocenters. The molecule has 0 saturated carbocycles. The molecule has 0 aliphatic carbocycles. The Hall–Kier alpha value is -0.240. The van der Waals surface area contributed by atoms with Crippen LogP contribution in [0.25, 0.3) is 0 Å². The summed E-state index contributed by atoms with van der Waals surface area (Å²) in [7, 11) is 0. The summed E-state index contributed by atoms with van der Waals surface area (Å²) in [6.07, 6.45) is 0.851. The topological polar surface area (TPSA) is 99.4 Å². The first-order valence-corrected chi connectivity index (χ1v) is 7.54. The first-order valence-electron chi connectivity index (χ1n) is 7.54. The molecule has 0 aromatic carbocycles. The summed E-state index contributed by atoms with van der Waals surface area (Å²) in [5, 5.41) is 38.0. The van der Waals surface area contributed by atoms with Gasteiger partial charge in [-0.3, -0.25) is 0 Å². The van der Waals surface area contributed by atoms with E-state index in [2.05, 4.69) is 6.92 Å². The summed E-state index contributed by atoms with van der Waals surface area (Å²) in [5.74, 6) is 0. The number of aliphatic hydroxyl groups is 4. The molecule has 120 valence electrons. The molecule has 1 aliphatic heterocycles. The van der Waals surface area contributed by atoms with E-state index in [0.29, 0.717) is 6.61 Å². The van der Waals surface area contributed by atoms with Crippen LogP contribution in [0.5, 0.6) is 0 Å². The van der Waals surface area contributed by atoms with Crippen LogP contribution in [-0.2, 0) is 9.47 Å². The molecular weight excluding hydrogens is 264 g/mol. The standard InChI is InChI=1S/C14H28O6/c1-2-3-4-5-6-7-8-19-14-13(18)12(17)11(16)10(9-15)20-14/h10-18H,2-9H2,1H3/t10-,11+,12-,13+,14+/m1/s1. The molecule has 1 rings (SSSR count). The van der Waals surface area contributed by atoms with Crippen LogP contribution in [0.15, 0.2) is 0 Å². The van der Waals surface area contributed by atoms with Gasteiger partial charge in [0.15, 0.2) is 6.29 Å². The fraction of sp³-hybridized carbons (Fsp3) is 1.00. The van der Waals surface area contributed by atoms with E-state index in [1.807, 2.05) is 0 Å². The van der Waals surface area contributed by atoms with Crippen molar-refractivity contribution < 1.29 is 29.9 Å². The van der Waals surface area contributed by atoms with Crippen LogP contribution in [0.3, 0.4) is 0 Å². The average Bonchev–Trinajstić information content (AvgIpc) is 2.46. The van der Waals surface area contributed by atoms with Gasteiger partial charge in [0.1, 0.15) is 24.4 Å². The van der Waals surface area contributed by atoms with Crippen molar-refractivity contribution in [2.24, 2.45) is 0 Å². The van der Waals surface area contributed by atoms with Crippen LogP contribution in [0.2, 0.25) is 0 Å². The zero-order chi connectivity index (χ0) is 15.0. The minimum absolute atomic E-state index is 0.425. The quantitative estimate of drug-likeness (QED) is 0.452. The second-order valence-corrected chi connectivity index (χ2v) is 5.34. The number of hydrogen-bond donors (Lipinski definition) is 4. The van der Waals surface area contributed by atoms with Crippen molar-refractivity contribution in [2.45, 2.75) is 76.2 Å². The van der Waals surface area contributed by atoms with Gasteiger partial charge >= 0.3 is 0 Å². The number of aliphatic hydroxyl groups excluding tert-OH is 4. The van der Waals surface area contributed by atoms with Gasteiger partial charge in [-0.15, -0.1) is 0 Å². The smallest absolute Gasteiger partial charge is 0.186 e. The van der Waals surface area contributed by atoms with Gasteiger partial charge in [-0.2, -0.15) is 0 Å². The van der Waals surface area contributed by atoms with Crippen molar-refractivity contribution in [1.29, 1.82) is 0 Å². The average molecular weight is 292 g/mol. The lowest BCUT2D eigenvalue weighted by Crippen LogP contribution is -2.59. The highest BCUT2D eigenvalue weighted by atomic mass is 16.7. The van der Waals surface area contributed by atoms with Gasteiger partial charge < -0.3 is 29.9 Å². The molecule has 1 fully saturated rings. The van der Waals surface area contributed by atoms with E-state index >= 15 is 0 Å². The molecule has 0 bridgehead atoms. The molecule has 6 nitrogen and oxygen atoms in total. The maximum atomic E-state index is 9.75. The van der Waals surface area contributed by atoms with E-state index in [-0.39, 0.29) is 0 Å². The number of rotatable bonds is 9. The third-order valence-electron chi connectivity index (χ3n) is 3.63. The highest BCUT2D eigenvalue weighted by Crippen LogP contribution is 2.22. The molecule has 0 unspecified atom stereocenters. The first kappa shape index (κ1) is 17.8. The van der Waals surface area contributed by atoms with Crippen molar-refractivity contribution in [3.05, 3.63) is 0 Å². The molecular formula is C14H28O6. The van der Waals surface area contributed by atoms with Crippen LogP contribution in [0.4, 0.5) is 0 Å². The van der Waals surface area contributed by atoms with Gasteiger partial charge in [0.25, 0.3) is 0 Å². The van der Waals surface area contributed by atoms with Gasteiger partial charge in [0.2, 0.25) is 0 Å². The second-order valence-electron chi connectivity index (χ2n) is 5.34. The molecule has 0 radical (unpaired) electrons. The van der Waals surface area contributed by atoms with Gasteiger partial charge in [-0.1, -0.05) is 39.0 Å². The molecule has 1 saturated heterocycles. The Balaban J connectivity index is 2.21. The molecule has 0 amide bonds. The molecule has 0 aromatic rings. The predicted molar refractivity (Wildman–Crippen MR) is 73.1 cm³/mol. The lowest BCUT2D eigenvalue weighted by Gasteiger charge is -2.39. The predicted octanol–water partition coefficient (Wildman–Crippen LogP) is 0.163. The van der Waals surface area contributed by atoms with Crippen molar-refractivity contribution in [3.63, 3.8) is 0 Å². The monoisotopic (exact) mass is 292 g/mol. The maximum absolute atomic E-state index is 9.75. The summed E-state index contributed by atoms with van der Waals surface area (Å²) >= 11 is 0. The molecule has 6 heteroatoms. The summed E-state index contributed by atoms with van der Waals surface area (Å²) in [6, 6.07) is 0. The maximum Gasteiger partial charge on any atom is 0.186 e. The molecule has 0 spiro atoms. The Labute approximate surface area is 120 Å². The zero-order valence-electron chi connectivity index (χ0n) is 12.1. The Morgan fingerprint density at radius 2 is 1.55 bits per heavy atom. The van der Waals surface area contributed by atoms with Crippen LogP contribution in [0.1, 0.15) is 45.4 Å². The van der Waals surface area contributed by atoms with E-state index in [1.54, 1.807) is 0 Å². The SMILES string of the molecule is CCCCCCCCO[C@H]1O[C@H](CO)[C@H](O)[C@@H](O)[C@@H]1O. The third kappa shape index (κ3) is 5.27. The molecule has 1 aliphatic rings. The molecule has 1 heterocycles. The van der Waals surface area contributed by atoms with E-state index in [4.69, 9.17) is 14.6 Å². The van der Waals surface area contributed by atoms with Crippen LogP contribution in [0, 0.1) is 0 Å². The van der Waals surface area contributed by atoms with Gasteiger partial charge in [-0.05, 0) is 6.42 Å². The Kier molecular flexibility index (Phi) is 8.60. The zero-order valence-corrected chi connectivity index (χ0v) is 12.1. The fourth-order valence-electron chi connectivity index (χ4n) is 2.29. The summed E-state index contributed by atoms with van der Waals surface area (Å²) in [5.41, 5.74) is 0. The van der Waals surface area contributed by atoms with E-state index in [0.717, 1.165) is 19.3 Å². The highest BCUT2D eigenvalue weighted by Gasteiger charge is 2.43. The van der Waals surface area contributed by atoms with E-state index < -0.39 is 37.3 Å². The Morgan fingerprint density at radius 3 is 2.20 bits per heavy atom. The van der Waals surface area contributed by atoms with Gasteiger partial charge in [0.05, 0.1) is 6.61 Å². The summed E-state index contributed by atoms with van der Waals surface area (Å²) in [4.78, 5) is 0. The van der Waals surface area contributed by atoms with E-state index in [1.165, 1.54) is 19.3 Å². The van der Waals surface area contributed by atoms with E-state index in [9.17, 15) is 15.3 Å². The van der Waals surface area contributed by atoms with Crippen molar-refractivity contribution >= 4 is 0 Å². The number of unbranched alkanes of at least 4 members (excludes halogenated alkanes) is 5. The minimum atomic E-state index is -1.37. The van der Waals surface area contributed by atoms with Crippen LogP contribution in [-0.4, -0.2) is 64.3 Å². The van der Waals surface area contributed by atoms with Crippen LogP contribution < -0.4 is 0 Å². The Bertz CT molecular complexity index is 248. The highest BCUT2D eigenvalue weighted by molar-refractivity contribution is 4.88. The first-order chi connectivity index (χ1) is 9.61. The van der Waals surface area contributed by atoms with Crippen molar-refractivity contribution in [1.82, 2.24) is 0 Å². The summed E-state index contributed by atoms with van der Waals surface area (Å²) in [6.45, 7) is 2.17. The second kappa shape index (κ2) is 9.65. The third-order valence-corrected chi connectivity index (χ3v) is 3.63. The van der Waals surface area contributed by atoms with Crippen molar-refractivity contribution in [3.8, 4) is 0 Å². The number of ether oxygens (including phenoxy) is 2. The van der Waals surface area contributed by atoms with Gasteiger partial charge in [-0.25, -0.2) is 0 Å². The minimum Gasteiger partial charge on any atom is -0.394 e. The van der Waals surface area contributed by atoms with Crippen LogP contribution >= 0.6 is 0 Å². The Morgan fingerprint density at radius 1 is 0.900 bits per heavy atom. The van der Waals surface area contributed by atoms with Gasteiger partial charge in [0, 0.05) is 6.61 Å². The fourth-order valence-corrected chi connectivity index (χ4v) is 2.29. The molecule has 4 N–H and O–H groups in total. The lowest BCUT2D eigenvalue weighted by atomic mass is 9.99. The van der Waals surface area contributed by atoms with Crippen molar-refractivity contribution in [2.75, 3.05) is 13.2 Å². The largest absolute Gasteiger partial charge is 0.394 e. The number of hydrogen-bond acceptors (Lipinski definition) is 6. The molecule has 0 aromatic heterocycles. The summed E-state index contributed by atoms with van der Waals surface area (Å²) < 4.78 is 10.6.